The minimum atomic E-state index is 0.250. The maximum absolute atomic E-state index is 8.12. The normalized spacial score (nSPS) is 18.5. The Morgan fingerprint density at radius 3 is 1.90 bits per heavy atom. The number of likely N-dealkylation sites (N-methyl/N-ethyl adjacent to an activating group) is 1. The van der Waals surface area contributed by atoms with Crippen molar-refractivity contribution in [1.29, 1.82) is 0 Å². The predicted molar refractivity (Wildman–Crippen MR) is 33.3 cm³/mol. The van der Waals surface area contributed by atoms with Crippen LogP contribution in [0.5, 0.6) is 0 Å². The van der Waals surface area contributed by atoms with Crippen LogP contribution in [-0.2, 0) is 14.3 Å². The molecule has 0 radical (unpaired) electrons. The van der Waals surface area contributed by atoms with Crippen molar-refractivity contribution in [3.63, 3.8) is 0 Å². The third kappa shape index (κ3) is 5.44. The summed E-state index contributed by atoms with van der Waals surface area (Å²) in [5.74, 6) is 0. The molecule has 0 aromatic heterocycles. The number of nitrogens with zero attached hydrogens (tertiary/aromatic N) is 1. The Morgan fingerprint density at radius 2 is 1.70 bits per heavy atom. The molecule has 1 fully saturated rings. The van der Waals surface area contributed by atoms with Gasteiger partial charge in [-0.25, -0.2) is 0 Å². The van der Waals surface area contributed by atoms with Gasteiger partial charge in [-0.1, -0.05) is 0 Å². The number of rotatable bonds is 0. The highest BCUT2D eigenvalue weighted by Crippen LogP contribution is 1.89. The van der Waals surface area contributed by atoms with E-state index in [1.165, 1.54) is 0 Å². The molecule has 0 unspecified atom stereocenters. The summed E-state index contributed by atoms with van der Waals surface area (Å²) >= 11 is 0. The molecule has 1 saturated heterocycles. The highest BCUT2D eigenvalue weighted by Gasteiger charge is 2.02. The first-order valence-corrected chi connectivity index (χ1v) is 3.07. The fraction of sp³-hybridized carbons (Fsp3) is 0.833. The Bertz CT molecular complexity index is 104. The van der Waals surface area contributed by atoms with Crippen LogP contribution in [0.25, 0.3) is 0 Å². The van der Waals surface area contributed by atoms with Crippen molar-refractivity contribution >= 4 is 6.15 Å². The fourth-order valence-electron chi connectivity index (χ4n) is 0.655. The Balaban J connectivity index is 0.000000236. The van der Waals surface area contributed by atoms with Crippen molar-refractivity contribution in [3.05, 3.63) is 0 Å². The first kappa shape index (κ1) is 9.30. The first-order valence-electron chi connectivity index (χ1n) is 3.07. The largest absolute Gasteiger partial charge is 0.379 e. The lowest BCUT2D eigenvalue weighted by molar-refractivity contribution is -0.191. The van der Waals surface area contributed by atoms with Gasteiger partial charge in [0.1, 0.15) is 0 Å². The second-order valence-corrected chi connectivity index (χ2v) is 2.00. The van der Waals surface area contributed by atoms with Gasteiger partial charge in [-0.2, -0.15) is 9.59 Å². The van der Waals surface area contributed by atoms with Crippen molar-refractivity contribution in [2.24, 2.45) is 0 Å². The molecule has 0 saturated carbocycles. The first-order chi connectivity index (χ1) is 4.81. The molecule has 1 aliphatic heterocycles. The summed E-state index contributed by atoms with van der Waals surface area (Å²) in [7, 11) is 2.11. The quantitative estimate of drug-likeness (QED) is 0.455. The van der Waals surface area contributed by atoms with Crippen molar-refractivity contribution in [2.45, 2.75) is 0 Å². The van der Waals surface area contributed by atoms with Crippen LogP contribution in [0.4, 0.5) is 0 Å². The second-order valence-electron chi connectivity index (χ2n) is 2.00. The average molecular weight is 145 g/mol. The summed E-state index contributed by atoms with van der Waals surface area (Å²) in [6.45, 7) is 4.02. The summed E-state index contributed by atoms with van der Waals surface area (Å²) in [5, 5.41) is 0. The zero-order valence-electron chi connectivity index (χ0n) is 6.00. The van der Waals surface area contributed by atoms with E-state index in [-0.39, 0.29) is 6.15 Å². The second kappa shape index (κ2) is 6.42. The summed E-state index contributed by atoms with van der Waals surface area (Å²) in [4.78, 5) is 18.5. The lowest BCUT2D eigenvalue weighted by Crippen LogP contribution is -2.32. The Hall–Kier alpha value is -0.700. The lowest BCUT2D eigenvalue weighted by Gasteiger charge is -2.21. The van der Waals surface area contributed by atoms with Gasteiger partial charge in [0.15, 0.2) is 0 Å². The van der Waals surface area contributed by atoms with Gasteiger partial charge in [0.25, 0.3) is 0 Å². The third-order valence-corrected chi connectivity index (χ3v) is 1.23. The van der Waals surface area contributed by atoms with Crippen LogP contribution < -0.4 is 0 Å². The highest BCUT2D eigenvalue weighted by molar-refractivity contribution is 5.20. The molecular formula is C6H11NO3. The summed E-state index contributed by atoms with van der Waals surface area (Å²) in [6, 6.07) is 0. The molecule has 0 aromatic rings. The van der Waals surface area contributed by atoms with Crippen LogP contribution in [0.1, 0.15) is 0 Å². The number of hydrogen-bond donors (Lipinski definition) is 0. The molecule has 58 valence electrons. The molecular weight excluding hydrogens is 134 g/mol. The molecule has 4 nitrogen and oxygen atoms in total. The lowest BCUT2D eigenvalue weighted by atomic mass is 10.5. The van der Waals surface area contributed by atoms with Crippen LogP contribution in [-0.4, -0.2) is 44.4 Å². The van der Waals surface area contributed by atoms with Crippen LogP contribution in [0.2, 0.25) is 0 Å². The van der Waals surface area contributed by atoms with E-state index in [1.54, 1.807) is 0 Å². The maximum Gasteiger partial charge on any atom is 0.373 e. The van der Waals surface area contributed by atoms with Gasteiger partial charge in [0.2, 0.25) is 0 Å². The van der Waals surface area contributed by atoms with E-state index in [0.717, 1.165) is 26.3 Å². The SMILES string of the molecule is CN1CCOCC1.O=C=O. The number of ether oxygens (including phenoxy) is 1. The van der Waals surface area contributed by atoms with E-state index in [4.69, 9.17) is 14.3 Å². The molecule has 0 atom stereocenters. The molecule has 1 heterocycles. The summed E-state index contributed by atoms with van der Waals surface area (Å²) in [5.41, 5.74) is 0. The standard InChI is InChI=1S/C5H11NO.CO2/c1-6-2-4-7-5-3-6;2-1-3/h2-5H2,1H3;. The third-order valence-electron chi connectivity index (χ3n) is 1.23. The predicted octanol–water partition coefficient (Wildman–Crippen LogP) is -0.635. The van der Waals surface area contributed by atoms with Crippen LogP contribution >= 0.6 is 0 Å². The summed E-state index contributed by atoms with van der Waals surface area (Å²) in [6.07, 6.45) is 0.250. The zero-order chi connectivity index (χ0) is 7.82. The molecule has 10 heavy (non-hydrogen) atoms. The highest BCUT2D eigenvalue weighted by atomic mass is 16.5. The number of morpholine rings is 1. The van der Waals surface area contributed by atoms with Crippen molar-refractivity contribution < 1.29 is 14.3 Å². The van der Waals surface area contributed by atoms with Crippen LogP contribution in [0.15, 0.2) is 0 Å². The molecule has 0 N–H and O–H groups in total. The Labute approximate surface area is 59.8 Å². The van der Waals surface area contributed by atoms with Gasteiger partial charge in [-0.05, 0) is 7.05 Å². The monoisotopic (exact) mass is 145 g/mol. The van der Waals surface area contributed by atoms with Gasteiger partial charge in [0, 0.05) is 13.1 Å². The Kier molecular flexibility index (Phi) is 5.97. The van der Waals surface area contributed by atoms with Crippen molar-refractivity contribution in [3.8, 4) is 0 Å². The molecule has 1 aliphatic rings. The minimum absolute atomic E-state index is 0.250. The molecule has 0 bridgehead atoms. The minimum Gasteiger partial charge on any atom is -0.379 e. The van der Waals surface area contributed by atoms with Gasteiger partial charge in [-0.3, -0.25) is 0 Å². The van der Waals surface area contributed by atoms with Crippen molar-refractivity contribution in [1.82, 2.24) is 4.90 Å². The molecule has 0 aliphatic carbocycles. The van der Waals surface area contributed by atoms with E-state index < -0.39 is 0 Å². The van der Waals surface area contributed by atoms with E-state index in [0.29, 0.717) is 0 Å². The summed E-state index contributed by atoms with van der Waals surface area (Å²) < 4.78 is 5.10. The number of hydrogen-bond acceptors (Lipinski definition) is 4. The van der Waals surface area contributed by atoms with Gasteiger partial charge >= 0.3 is 6.15 Å². The van der Waals surface area contributed by atoms with E-state index in [2.05, 4.69) is 11.9 Å². The van der Waals surface area contributed by atoms with Crippen molar-refractivity contribution in [2.75, 3.05) is 33.4 Å². The van der Waals surface area contributed by atoms with Gasteiger partial charge in [0.05, 0.1) is 13.2 Å². The fourth-order valence-corrected chi connectivity index (χ4v) is 0.655. The molecule has 0 aromatic carbocycles. The zero-order valence-corrected chi connectivity index (χ0v) is 6.00. The van der Waals surface area contributed by atoms with Gasteiger partial charge in [-0.15, -0.1) is 0 Å². The molecule has 0 amide bonds. The van der Waals surface area contributed by atoms with Crippen LogP contribution in [0, 0.1) is 0 Å². The van der Waals surface area contributed by atoms with E-state index >= 15 is 0 Å². The molecule has 0 spiro atoms. The van der Waals surface area contributed by atoms with E-state index in [1.807, 2.05) is 0 Å². The van der Waals surface area contributed by atoms with Gasteiger partial charge < -0.3 is 9.64 Å². The van der Waals surface area contributed by atoms with Crippen LogP contribution in [0.3, 0.4) is 0 Å². The number of carbonyl (C=O) groups excluding carboxylic acids is 2. The molecule has 4 heteroatoms. The smallest absolute Gasteiger partial charge is 0.373 e. The van der Waals surface area contributed by atoms with E-state index in [9.17, 15) is 0 Å². The average Bonchev–Trinajstić information content (AvgIpc) is 1.91. The maximum atomic E-state index is 8.12. The Morgan fingerprint density at radius 1 is 1.30 bits per heavy atom. The topological polar surface area (TPSA) is 46.6 Å². The molecule has 1 rings (SSSR count).